The number of allylic oxidation sites excluding steroid dienone is 1. The number of carbonyl (C=O) groups is 1. The van der Waals surface area contributed by atoms with E-state index in [0.717, 1.165) is 0 Å². The number of hydrogen-bond donors (Lipinski definition) is 1. The van der Waals surface area contributed by atoms with E-state index in [0.29, 0.717) is 38.9 Å². The number of rotatable bonds is 1. The molecule has 1 atom stereocenters. The number of cyclic esters (lactones) is 1. The molecule has 112 valence electrons. The van der Waals surface area contributed by atoms with Crippen LogP contribution >= 0.6 is 23.2 Å². The van der Waals surface area contributed by atoms with Gasteiger partial charge in [-0.15, -0.1) is 6.42 Å². The van der Waals surface area contributed by atoms with Crippen molar-refractivity contribution in [3.05, 3.63) is 56.6 Å². The Hall–Kier alpha value is -2.09. The van der Waals surface area contributed by atoms with Crippen molar-refractivity contribution in [1.29, 1.82) is 0 Å². The smallest absolute Gasteiger partial charge is 0.338 e. The number of esters is 1. The van der Waals surface area contributed by atoms with Crippen LogP contribution in [0.4, 0.5) is 0 Å². The van der Waals surface area contributed by atoms with E-state index in [1.165, 1.54) is 0 Å². The van der Waals surface area contributed by atoms with E-state index in [1.807, 2.05) is 0 Å². The van der Waals surface area contributed by atoms with Gasteiger partial charge in [-0.05, 0) is 12.1 Å². The highest BCUT2D eigenvalue weighted by molar-refractivity contribution is 6.36. The summed E-state index contributed by atoms with van der Waals surface area (Å²) in [6, 6.07) is 5.07. The van der Waals surface area contributed by atoms with E-state index in [2.05, 4.69) is 5.92 Å². The molecule has 2 N–H and O–H groups in total. The van der Waals surface area contributed by atoms with Gasteiger partial charge < -0.3 is 15.2 Å². The number of ether oxygens (including phenoxy) is 2. The zero-order chi connectivity index (χ0) is 15.9. The first kappa shape index (κ1) is 14.8. The molecule has 3 rings (SSSR count). The topological polar surface area (TPSA) is 61.5 Å². The second kappa shape index (κ2) is 5.60. The summed E-state index contributed by atoms with van der Waals surface area (Å²) < 4.78 is 10.6. The first-order chi connectivity index (χ1) is 10.5. The molecule has 22 heavy (non-hydrogen) atoms. The first-order valence-corrected chi connectivity index (χ1v) is 7.28. The van der Waals surface area contributed by atoms with Crippen LogP contribution < -0.4 is 5.73 Å². The van der Waals surface area contributed by atoms with Crippen molar-refractivity contribution in [1.82, 2.24) is 0 Å². The summed E-state index contributed by atoms with van der Waals surface area (Å²) in [5.74, 6) is 1.85. The zero-order valence-corrected chi connectivity index (χ0v) is 12.9. The molecule has 0 radical (unpaired) electrons. The molecule has 2 aliphatic heterocycles. The van der Waals surface area contributed by atoms with E-state index in [9.17, 15) is 4.79 Å². The minimum Gasteiger partial charge on any atom is -0.462 e. The molecular formula is C16H11Cl2NO3. The maximum Gasteiger partial charge on any atom is 0.338 e. The summed E-state index contributed by atoms with van der Waals surface area (Å²) in [5, 5.41) is 0.787. The fraction of sp³-hybridized carbons (Fsp3) is 0.188. The van der Waals surface area contributed by atoms with Gasteiger partial charge in [0.15, 0.2) is 0 Å². The summed E-state index contributed by atoms with van der Waals surface area (Å²) >= 11 is 12.6. The van der Waals surface area contributed by atoms with Crippen molar-refractivity contribution in [2.24, 2.45) is 5.73 Å². The standard InChI is InChI=1S/C16H11Cl2NO3/c1-2-8-12(13-9(17)4-3-5-10(13)18)14-11(22-15(8)19)6-7-21-16(14)20/h1,3-5,12H,6-7,19H2. The van der Waals surface area contributed by atoms with E-state index in [4.69, 9.17) is 44.8 Å². The van der Waals surface area contributed by atoms with E-state index in [-0.39, 0.29) is 12.5 Å². The monoisotopic (exact) mass is 335 g/mol. The van der Waals surface area contributed by atoms with Crippen LogP contribution in [-0.2, 0) is 14.3 Å². The van der Waals surface area contributed by atoms with Gasteiger partial charge in [-0.2, -0.15) is 0 Å². The fourth-order valence-corrected chi connectivity index (χ4v) is 3.27. The number of carbonyl (C=O) groups excluding carboxylic acids is 1. The summed E-state index contributed by atoms with van der Waals surface area (Å²) in [4.78, 5) is 12.2. The van der Waals surface area contributed by atoms with Gasteiger partial charge in [0.05, 0.1) is 23.7 Å². The van der Waals surface area contributed by atoms with Crippen LogP contribution in [0.25, 0.3) is 0 Å². The van der Waals surface area contributed by atoms with Gasteiger partial charge >= 0.3 is 5.97 Å². The molecule has 1 aromatic rings. The molecule has 2 heterocycles. The van der Waals surface area contributed by atoms with Crippen LogP contribution in [0.15, 0.2) is 41.0 Å². The predicted octanol–water partition coefficient (Wildman–Crippen LogP) is 3.11. The normalized spacial score (nSPS) is 21.0. The van der Waals surface area contributed by atoms with Crippen LogP contribution in [0.5, 0.6) is 0 Å². The molecule has 0 aliphatic carbocycles. The van der Waals surface area contributed by atoms with Crippen molar-refractivity contribution in [2.75, 3.05) is 6.61 Å². The second-order valence-corrected chi connectivity index (χ2v) is 5.63. The molecule has 2 aliphatic rings. The minimum absolute atomic E-state index is 0.0805. The Balaban J connectivity index is 2.28. The fourth-order valence-electron chi connectivity index (χ4n) is 2.65. The molecule has 0 saturated heterocycles. The van der Waals surface area contributed by atoms with Crippen molar-refractivity contribution in [3.63, 3.8) is 0 Å². The Bertz CT molecular complexity index is 754. The van der Waals surface area contributed by atoms with Crippen LogP contribution in [0.2, 0.25) is 10.0 Å². The molecule has 4 nitrogen and oxygen atoms in total. The molecule has 0 fully saturated rings. The maximum atomic E-state index is 12.2. The van der Waals surface area contributed by atoms with Gasteiger partial charge in [0.2, 0.25) is 5.88 Å². The number of halogens is 2. The Morgan fingerprint density at radius 3 is 2.64 bits per heavy atom. The Morgan fingerprint density at radius 2 is 2.00 bits per heavy atom. The predicted molar refractivity (Wildman–Crippen MR) is 82.9 cm³/mol. The quantitative estimate of drug-likeness (QED) is 0.632. The summed E-state index contributed by atoms with van der Waals surface area (Å²) in [5.41, 5.74) is 7.06. The number of terminal acetylenes is 1. The van der Waals surface area contributed by atoms with Crippen LogP contribution in [0.3, 0.4) is 0 Å². The number of nitrogens with two attached hydrogens (primary N) is 1. The minimum atomic E-state index is -0.664. The summed E-state index contributed by atoms with van der Waals surface area (Å²) in [6.45, 7) is 0.235. The third-order valence-corrected chi connectivity index (χ3v) is 4.26. The van der Waals surface area contributed by atoms with Crippen LogP contribution in [0.1, 0.15) is 17.9 Å². The van der Waals surface area contributed by atoms with Gasteiger partial charge in [0, 0.05) is 22.0 Å². The Morgan fingerprint density at radius 1 is 1.32 bits per heavy atom. The molecule has 1 aromatic carbocycles. The summed E-state index contributed by atoms with van der Waals surface area (Å²) in [7, 11) is 0. The lowest BCUT2D eigenvalue weighted by molar-refractivity contribution is -0.141. The molecule has 6 heteroatoms. The highest BCUT2D eigenvalue weighted by Gasteiger charge is 2.40. The van der Waals surface area contributed by atoms with Gasteiger partial charge in [-0.1, -0.05) is 35.2 Å². The summed E-state index contributed by atoms with van der Waals surface area (Å²) in [6.07, 6.45) is 5.99. The third-order valence-electron chi connectivity index (χ3n) is 3.60. The molecule has 0 aromatic heterocycles. The Labute approximate surface area is 137 Å². The zero-order valence-electron chi connectivity index (χ0n) is 11.4. The lowest BCUT2D eigenvalue weighted by atomic mass is 9.81. The Kier molecular flexibility index (Phi) is 3.78. The molecule has 0 spiro atoms. The van der Waals surface area contributed by atoms with Gasteiger partial charge in [0.1, 0.15) is 5.76 Å². The van der Waals surface area contributed by atoms with E-state index >= 15 is 0 Å². The SMILES string of the molecule is C#CC1=C(N)OC2=C(C(=O)OCC2)C1c1c(Cl)cccc1Cl. The first-order valence-electron chi connectivity index (χ1n) is 6.52. The molecule has 0 bridgehead atoms. The van der Waals surface area contributed by atoms with E-state index in [1.54, 1.807) is 18.2 Å². The largest absolute Gasteiger partial charge is 0.462 e. The molecule has 0 saturated carbocycles. The van der Waals surface area contributed by atoms with Crippen LogP contribution in [-0.4, -0.2) is 12.6 Å². The lowest BCUT2D eigenvalue weighted by Gasteiger charge is -2.31. The van der Waals surface area contributed by atoms with Crippen molar-refractivity contribution in [2.45, 2.75) is 12.3 Å². The molecule has 1 unspecified atom stereocenters. The van der Waals surface area contributed by atoms with Gasteiger partial charge in [0.25, 0.3) is 0 Å². The second-order valence-electron chi connectivity index (χ2n) is 4.82. The van der Waals surface area contributed by atoms with Crippen LogP contribution in [0, 0.1) is 12.3 Å². The van der Waals surface area contributed by atoms with Crippen molar-refractivity contribution in [3.8, 4) is 12.3 Å². The number of hydrogen-bond acceptors (Lipinski definition) is 4. The van der Waals surface area contributed by atoms with Gasteiger partial charge in [-0.25, -0.2) is 4.79 Å². The molecular weight excluding hydrogens is 325 g/mol. The lowest BCUT2D eigenvalue weighted by Crippen LogP contribution is -2.30. The highest BCUT2D eigenvalue weighted by Crippen LogP contribution is 2.46. The van der Waals surface area contributed by atoms with Crippen molar-refractivity contribution < 1.29 is 14.3 Å². The molecule has 0 amide bonds. The highest BCUT2D eigenvalue weighted by atomic mass is 35.5. The number of benzene rings is 1. The van der Waals surface area contributed by atoms with E-state index < -0.39 is 11.9 Å². The average molecular weight is 336 g/mol. The van der Waals surface area contributed by atoms with Gasteiger partial charge in [-0.3, -0.25) is 0 Å². The maximum absolute atomic E-state index is 12.2. The van der Waals surface area contributed by atoms with Crippen molar-refractivity contribution >= 4 is 29.2 Å². The third kappa shape index (κ3) is 2.23. The average Bonchev–Trinajstić information content (AvgIpc) is 2.46.